The Morgan fingerprint density at radius 3 is 1.19 bits per heavy atom. The van der Waals surface area contributed by atoms with Crippen LogP contribution in [0.1, 0.15) is 0 Å². The summed E-state index contributed by atoms with van der Waals surface area (Å²) in [5.74, 6) is 0. The SMILES string of the molecule is C[N+](CCO)(CCO)CCO.O=S(=O)(O)O. The van der Waals surface area contributed by atoms with E-state index < -0.39 is 10.4 Å². The maximum atomic E-state index is 8.74. The van der Waals surface area contributed by atoms with Crippen LogP contribution in [0.2, 0.25) is 0 Å². The van der Waals surface area contributed by atoms with E-state index in [2.05, 4.69) is 0 Å². The lowest BCUT2D eigenvalue weighted by Gasteiger charge is -2.32. The molecule has 0 aromatic heterocycles. The van der Waals surface area contributed by atoms with Crippen molar-refractivity contribution >= 4 is 10.4 Å². The molecule has 0 aliphatic carbocycles. The van der Waals surface area contributed by atoms with Gasteiger partial charge in [-0.2, -0.15) is 8.42 Å². The number of aliphatic hydroxyl groups is 3. The summed E-state index contributed by atoms with van der Waals surface area (Å²) in [5, 5.41) is 26.0. The standard InChI is InChI=1S/C7H18NO3.H2O4S/c1-8(2-5-9,3-6-10)4-7-11;1-5(2,3)4/h9-11H,2-7H2,1H3;(H2,1,2,3,4)/q+1;. The highest BCUT2D eigenvalue weighted by Gasteiger charge is 2.18. The predicted molar refractivity (Wildman–Crippen MR) is 56.2 cm³/mol. The maximum absolute atomic E-state index is 8.74. The van der Waals surface area contributed by atoms with Gasteiger partial charge in [0.2, 0.25) is 0 Å². The van der Waals surface area contributed by atoms with Crippen molar-refractivity contribution in [2.24, 2.45) is 0 Å². The summed E-state index contributed by atoms with van der Waals surface area (Å²) in [6, 6.07) is 0. The summed E-state index contributed by atoms with van der Waals surface area (Å²) in [5.41, 5.74) is 0. The monoisotopic (exact) mass is 262 g/mol. The number of quaternary nitrogens is 1. The van der Waals surface area contributed by atoms with Crippen LogP contribution in [0.25, 0.3) is 0 Å². The molecule has 9 heteroatoms. The zero-order chi connectivity index (χ0) is 13.2. The van der Waals surface area contributed by atoms with E-state index >= 15 is 0 Å². The van der Waals surface area contributed by atoms with Crippen molar-refractivity contribution in [3.05, 3.63) is 0 Å². The van der Waals surface area contributed by atoms with Crippen molar-refractivity contribution in [3.8, 4) is 0 Å². The van der Waals surface area contributed by atoms with Gasteiger partial charge in [-0.05, 0) is 0 Å². The van der Waals surface area contributed by atoms with Gasteiger partial charge in [-0.15, -0.1) is 0 Å². The van der Waals surface area contributed by atoms with Gasteiger partial charge < -0.3 is 19.8 Å². The molecular formula is C7H20NO7S+. The average molecular weight is 262 g/mol. The van der Waals surface area contributed by atoms with Crippen molar-refractivity contribution in [1.82, 2.24) is 0 Å². The number of hydrogen-bond donors (Lipinski definition) is 5. The predicted octanol–water partition coefficient (Wildman–Crippen LogP) is -2.24. The van der Waals surface area contributed by atoms with E-state index in [9.17, 15) is 0 Å². The summed E-state index contributed by atoms with van der Waals surface area (Å²) < 4.78 is 32.1. The number of aliphatic hydroxyl groups excluding tert-OH is 3. The van der Waals surface area contributed by atoms with Gasteiger partial charge in [0.15, 0.2) is 0 Å². The zero-order valence-electron chi connectivity index (χ0n) is 9.15. The van der Waals surface area contributed by atoms with E-state index in [1.165, 1.54) is 0 Å². The third kappa shape index (κ3) is 16.2. The molecule has 0 radical (unpaired) electrons. The minimum absolute atomic E-state index is 0.0938. The van der Waals surface area contributed by atoms with Gasteiger partial charge >= 0.3 is 10.4 Å². The number of nitrogens with zero attached hydrogens (tertiary/aromatic N) is 1. The van der Waals surface area contributed by atoms with E-state index in [4.69, 9.17) is 32.8 Å². The van der Waals surface area contributed by atoms with Crippen LogP contribution in [0.3, 0.4) is 0 Å². The summed E-state index contributed by atoms with van der Waals surface area (Å²) in [4.78, 5) is 0. The van der Waals surface area contributed by atoms with E-state index in [1.807, 2.05) is 7.05 Å². The van der Waals surface area contributed by atoms with Crippen molar-refractivity contribution in [1.29, 1.82) is 0 Å². The molecule has 0 saturated carbocycles. The molecule has 0 aromatic carbocycles. The Bertz CT molecular complexity index is 228. The number of likely N-dealkylation sites (N-methyl/N-ethyl adjacent to an activating group) is 1. The highest BCUT2D eigenvalue weighted by atomic mass is 32.3. The molecule has 0 aliphatic heterocycles. The third-order valence-corrected chi connectivity index (χ3v) is 1.92. The molecule has 0 saturated heterocycles. The third-order valence-electron chi connectivity index (χ3n) is 1.92. The minimum atomic E-state index is -4.67. The largest absolute Gasteiger partial charge is 0.394 e. The molecule has 0 aromatic rings. The van der Waals surface area contributed by atoms with Crippen LogP contribution in [-0.4, -0.2) is 83.8 Å². The molecule has 0 aliphatic rings. The molecule has 0 heterocycles. The first-order valence-electron chi connectivity index (χ1n) is 4.54. The molecular weight excluding hydrogens is 242 g/mol. The molecule has 5 N–H and O–H groups in total. The first kappa shape index (κ1) is 18.1. The molecule has 16 heavy (non-hydrogen) atoms. The lowest BCUT2D eigenvalue weighted by atomic mass is 10.4. The van der Waals surface area contributed by atoms with Gasteiger partial charge in [-0.1, -0.05) is 0 Å². The second-order valence-corrected chi connectivity index (χ2v) is 4.30. The second-order valence-electron chi connectivity index (χ2n) is 3.41. The summed E-state index contributed by atoms with van der Waals surface area (Å²) in [6.45, 7) is 2.03. The van der Waals surface area contributed by atoms with E-state index in [0.717, 1.165) is 0 Å². The fraction of sp³-hybridized carbons (Fsp3) is 1.00. The average Bonchev–Trinajstić information content (AvgIpc) is 2.01. The lowest BCUT2D eigenvalue weighted by molar-refractivity contribution is -0.910. The molecule has 0 spiro atoms. The van der Waals surface area contributed by atoms with Crippen molar-refractivity contribution in [3.63, 3.8) is 0 Å². The van der Waals surface area contributed by atoms with Crippen molar-refractivity contribution in [2.75, 3.05) is 46.5 Å². The highest BCUT2D eigenvalue weighted by molar-refractivity contribution is 7.79. The number of hydrogen-bond acceptors (Lipinski definition) is 5. The molecule has 0 rings (SSSR count). The van der Waals surface area contributed by atoms with E-state index in [0.29, 0.717) is 24.1 Å². The maximum Gasteiger partial charge on any atom is 0.394 e. The van der Waals surface area contributed by atoms with Crippen molar-refractivity contribution in [2.45, 2.75) is 0 Å². The van der Waals surface area contributed by atoms with Crippen LogP contribution in [-0.2, 0) is 10.4 Å². The quantitative estimate of drug-likeness (QED) is 0.270. The molecule has 0 atom stereocenters. The Balaban J connectivity index is 0. The van der Waals surface area contributed by atoms with Crippen LogP contribution in [0.15, 0.2) is 0 Å². The number of rotatable bonds is 6. The lowest BCUT2D eigenvalue weighted by Crippen LogP contribution is -2.49. The molecule has 0 unspecified atom stereocenters. The van der Waals surface area contributed by atoms with Gasteiger partial charge in [-0.25, -0.2) is 0 Å². The van der Waals surface area contributed by atoms with Gasteiger partial charge in [0.25, 0.3) is 0 Å². The van der Waals surface area contributed by atoms with E-state index in [1.54, 1.807) is 0 Å². The summed E-state index contributed by atoms with van der Waals surface area (Å²) in [7, 11) is -2.76. The molecule has 0 fully saturated rings. The van der Waals surface area contributed by atoms with Gasteiger partial charge in [0.05, 0.1) is 26.9 Å². The Kier molecular flexibility index (Phi) is 9.96. The van der Waals surface area contributed by atoms with E-state index in [-0.39, 0.29) is 19.8 Å². The fourth-order valence-electron chi connectivity index (χ4n) is 1.06. The van der Waals surface area contributed by atoms with Crippen LogP contribution in [0, 0.1) is 0 Å². The Labute approximate surface area is 94.9 Å². The van der Waals surface area contributed by atoms with Crippen LogP contribution in [0.5, 0.6) is 0 Å². The first-order valence-corrected chi connectivity index (χ1v) is 5.94. The molecule has 0 bridgehead atoms. The van der Waals surface area contributed by atoms with Crippen molar-refractivity contribution < 1.29 is 37.3 Å². The fourth-order valence-corrected chi connectivity index (χ4v) is 1.06. The highest BCUT2D eigenvalue weighted by Crippen LogP contribution is 1.99. The van der Waals surface area contributed by atoms with Gasteiger partial charge in [-0.3, -0.25) is 9.11 Å². The van der Waals surface area contributed by atoms with Gasteiger partial charge in [0, 0.05) is 0 Å². The zero-order valence-corrected chi connectivity index (χ0v) is 9.97. The summed E-state index contributed by atoms with van der Waals surface area (Å²) in [6.07, 6.45) is 0. The Morgan fingerprint density at radius 2 is 1.06 bits per heavy atom. The first-order chi connectivity index (χ1) is 7.18. The molecule has 100 valence electrons. The Hall–Kier alpha value is -0.290. The molecule has 0 amide bonds. The van der Waals surface area contributed by atoms with Crippen LogP contribution >= 0.6 is 0 Å². The normalized spacial score (nSPS) is 11.9. The second kappa shape index (κ2) is 8.82. The molecule has 8 nitrogen and oxygen atoms in total. The van der Waals surface area contributed by atoms with Gasteiger partial charge in [0.1, 0.15) is 19.6 Å². The Morgan fingerprint density at radius 1 is 0.875 bits per heavy atom. The smallest absolute Gasteiger partial charge is 0.391 e. The van der Waals surface area contributed by atoms with Crippen LogP contribution < -0.4 is 0 Å². The minimum Gasteiger partial charge on any atom is -0.391 e. The summed E-state index contributed by atoms with van der Waals surface area (Å²) >= 11 is 0. The topological polar surface area (TPSA) is 135 Å². The van der Waals surface area contributed by atoms with Crippen LogP contribution in [0.4, 0.5) is 0 Å².